The van der Waals surface area contributed by atoms with Gasteiger partial charge in [0, 0.05) is 50.7 Å². The molecule has 0 aliphatic carbocycles. The zero-order chi connectivity index (χ0) is 33.4. The summed E-state index contributed by atoms with van der Waals surface area (Å²) < 4.78 is 33.4. The van der Waals surface area contributed by atoms with Crippen LogP contribution >= 0.6 is 0 Å². The number of piperazine rings is 1. The summed E-state index contributed by atoms with van der Waals surface area (Å²) in [5.74, 6) is -3.66. The monoisotopic (exact) mass is 645 g/mol. The Bertz CT molecular complexity index is 1670. The number of nitrogens with zero attached hydrogens (tertiary/aromatic N) is 5. The third-order valence-electron chi connectivity index (χ3n) is 8.29. The van der Waals surface area contributed by atoms with Gasteiger partial charge in [-0.1, -0.05) is 30.4 Å². The van der Waals surface area contributed by atoms with Gasteiger partial charge >= 0.3 is 0 Å². The van der Waals surface area contributed by atoms with Crippen LogP contribution in [0.1, 0.15) is 34.3 Å². The zero-order valence-electron chi connectivity index (χ0n) is 25.9. The summed E-state index contributed by atoms with van der Waals surface area (Å²) >= 11 is 0. The molecule has 5 rings (SSSR count). The van der Waals surface area contributed by atoms with E-state index in [1.54, 1.807) is 12.1 Å². The number of halogens is 2. The number of amides is 3. The van der Waals surface area contributed by atoms with Gasteiger partial charge in [0.05, 0.1) is 43.4 Å². The Kier molecular flexibility index (Phi) is 10.7. The standard InChI is InChI=1S/C34H37F2N7O4/c35-34(36)19-26(20-37)43(23-34)32(45)22-40-33(46)28-10-11-39-30-9-6-25(18-29(28)30)3-2-24-4-7-27(8-5-24)47-17-1-12-41-13-15-42(16-14-41)31(44)21-38/h2-11,18,26H,1,12-17,19,21-23,38H2,(H,40,46)/b3-2+/t26-/m0/s1. The van der Waals surface area contributed by atoms with Crippen LogP contribution in [0, 0.1) is 11.3 Å². The van der Waals surface area contributed by atoms with Crippen LogP contribution in [0.15, 0.2) is 54.7 Å². The third-order valence-corrected chi connectivity index (χ3v) is 8.29. The van der Waals surface area contributed by atoms with Gasteiger partial charge in [0.25, 0.3) is 11.8 Å². The van der Waals surface area contributed by atoms with Crippen molar-refractivity contribution in [2.45, 2.75) is 24.8 Å². The predicted octanol–water partition coefficient (Wildman–Crippen LogP) is 2.77. The van der Waals surface area contributed by atoms with E-state index >= 15 is 0 Å². The molecule has 11 nitrogen and oxygen atoms in total. The highest BCUT2D eigenvalue weighted by molar-refractivity contribution is 6.07. The minimum Gasteiger partial charge on any atom is -0.494 e. The smallest absolute Gasteiger partial charge is 0.268 e. The van der Waals surface area contributed by atoms with Crippen molar-refractivity contribution < 1.29 is 27.9 Å². The first-order valence-corrected chi connectivity index (χ1v) is 15.5. The van der Waals surface area contributed by atoms with Gasteiger partial charge in [-0.05, 0) is 47.9 Å². The highest BCUT2D eigenvalue weighted by Crippen LogP contribution is 2.31. The van der Waals surface area contributed by atoms with Crippen molar-refractivity contribution in [2.24, 2.45) is 5.73 Å². The fourth-order valence-corrected chi connectivity index (χ4v) is 5.71. The van der Waals surface area contributed by atoms with Gasteiger partial charge in [0.15, 0.2) is 0 Å². The molecule has 2 saturated heterocycles. The van der Waals surface area contributed by atoms with E-state index < -0.39 is 43.3 Å². The van der Waals surface area contributed by atoms with Crippen molar-refractivity contribution in [1.82, 2.24) is 25.0 Å². The maximum absolute atomic E-state index is 13.7. The highest BCUT2D eigenvalue weighted by Gasteiger charge is 2.47. The molecular weight excluding hydrogens is 608 g/mol. The molecule has 246 valence electrons. The van der Waals surface area contributed by atoms with Crippen molar-refractivity contribution in [3.05, 3.63) is 71.4 Å². The van der Waals surface area contributed by atoms with E-state index in [2.05, 4.69) is 15.2 Å². The summed E-state index contributed by atoms with van der Waals surface area (Å²) in [6, 6.07) is 15.2. The number of rotatable bonds is 11. The number of ether oxygens (including phenoxy) is 1. The van der Waals surface area contributed by atoms with Gasteiger partial charge in [-0.3, -0.25) is 24.3 Å². The van der Waals surface area contributed by atoms with Gasteiger partial charge < -0.3 is 25.6 Å². The molecule has 3 heterocycles. The molecule has 2 fully saturated rings. The topological polar surface area (TPSA) is 145 Å². The summed E-state index contributed by atoms with van der Waals surface area (Å²) in [5, 5.41) is 12.2. The molecule has 2 aliphatic rings. The van der Waals surface area contributed by atoms with Crippen LogP contribution in [0.4, 0.5) is 8.78 Å². The zero-order valence-corrected chi connectivity index (χ0v) is 25.9. The number of alkyl halides is 2. The quantitative estimate of drug-likeness (QED) is 0.239. The number of nitrogens with one attached hydrogen (secondary N) is 1. The summed E-state index contributed by atoms with van der Waals surface area (Å²) in [5.41, 5.74) is 8.08. The first-order chi connectivity index (χ1) is 22.7. The molecule has 0 bridgehead atoms. The first-order valence-electron chi connectivity index (χ1n) is 15.5. The number of aromatic nitrogens is 1. The summed E-state index contributed by atoms with van der Waals surface area (Å²) in [6.07, 6.45) is 5.49. The van der Waals surface area contributed by atoms with Crippen LogP contribution in [0.25, 0.3) is 23.1 Å². The fourth-order valence-electron chi connectivity index (χ4n) is 5.71. The number of benzene rings is 2. The summed E-state index contributed by atoms with van der Waals surface area (Å²) in [4.78, 5) is 46.6. The summed E-state index contributed by atoms with van der Waals surface area (Å²) in [7, 11) is 0. The lowest BCUT2D eigenvalue weighted by Gasteiger charge is -2.34. The maximum Gasteiger partial charge on any atom is 0.268 e. The van der Waals surface area contributed by atoms with Crippen molar-refractivity contribution in [3.63, 3.8) is 0 Å². The molecule has 3 N–H and O–H groups in total. The molecule has 2 aromatic carbocycles. The Balaban J connectivity index is 1.12. The predicted molar refractivity (Wildman–Crippen MR) is 172 cm³/mol. The number of hydrogen-bond donors (Lipinski definition) is 2. The summed E-state index contributed by atoms with van der Waals surface area (Å²) in [6.45, 7) is 3.28. The van der Waals surface area contributed by atoms with E-state index in [9.17, 15) is 23.2 Å². The molecule has 3 aromatic rings. The van der Waals surface area contributed by atoms with Crippen LogP contribution in [0.5, 0.6) is 5.75 Å². The number of carbonyl (C=O) groups is 3. The molecule has 0 radical (unpaired) electrons. The van der Waals surface area contributed by atoms with E-state index in [0.29, 0.717) is 30.6 Å². The number of carbonyl (C=O) groups excluding carboxylic acids is 3. The average molecular weight is 646 g/mol. The van der Waals surface area contributed by atoms with E-state index in [0.717, 1.165) is 47.8 Å². The minimum atomic E-state index is -3.13. The third kappa shape index (κ3) is 8.66. The van der Waals surface area contributed by atoms with Gasteiger partial charge in [-0.2, -0.15) is 5.26 Å². The minimum absolute atomic E-state index is 0.00300. The Morgan fingerprint density at radius 3 is 2.49 bits per heavy atom. The van der Waals surface area contributed by atoms with Crippen molar-refractivity contribution in [2.75, 3.05) is 59.0 Å². The van der Waals surface area contributed by atoms with Crippen molar-refractivity contribution in [3.8, 4) is 11.8 Å². The van der Waals surface area contributed by atoms with Crippen LogP contribution in [0.2, 0.25) is 0 Å². The second-order valence-electron chi connectivity index (χ2n) is 11.6. The molecule has 0 saturated carbocycles. The van der Waals surface area contributed by atoms with Crippen LogP contribution < -0.4 is 15.8 Å². The fraction of sp³-hybridized carbons (Fsp3) is 0.382. The molecule has 47 heavy (non-hydrogen) atoms. The Morgan fingerprint density at radius 2 is 1.77 bits per heavy atom. The van der Waals surface area contributed by atoms with Crippen LogP contribution in [-0.2, 0) is 9.59 Å². The second-order valence-corrected chi connectivity index (χ2v) is 11.6. The largest absolute Gasteiger partial charge is 0.494 e. The van der Waals surface area contributed by atoms with Gasteiger partial charge in [0.1, 0.15) is 11.8 Å². The normalized spacial score (nSPS) is 18.0. The number of nitrogens with two attached hydrogens (primary N) is 1. The van der Waals surface area contributed by atoms with E-state index in [1.165, 1.54) is 12.3 Å². The molecule has 1 aromatic heterocycles. The number of pyridine rings is 1. The van der Waals surface area contributed by atoms with Crippen molar-refractivity contribution >= 4 is 40.8 Å². The number of likely N-dealkylation sites (tertiary alicyclic amines) is 1. The molecule has 1 atom stereocenters. The van der Waals surface area contributed by atoms with Gasteiger partial charge in [-0.15, -0.1) is 0 Å². The molecule has 0 unspecified atom stereocenters. The van der Waals surface area contributed by atoms with Gasteiger partial charge in [0.2, 0.25) is 11.8 Å². The molecule has 3 amide bonds. The lowest BCUT2D eigenvalue weighted by atomic mass is 10.0. The lowest BCUT2D eigenvalue weighted by molar-refractivity contribution is -0.132. The Morgan fingerprint density at radius 1 is 1.04 bits per heavy atom. The maximum atomic E-state index is 13.7. The highest BCUT2D eigenvalue weighted by atomic mass is 19.3. The molecule has 2 aliphatic heterocycles. The SMILES string of the molecule is N#C[C@@H]1CC(F)(F)CN1C(=O)CNC(=O)c1ccnc2ccc(/C=C/c3ccc(OCCCN4CCN(C(=O)CN)CC4)cc3)cc12. The van der Waals surface area contributed by atoms with E-state index in [4.69, 9.17) is 15.7 Å². The van der Waals surface area contributed by atoms with Crippen molar-refractivity contribution in [1.29, 1.82) is 5.26 Å². The van der Waals surface area contributed by atoms with Crippen LogP contribution in [0.3, 0.4) is 0 Å². The van der Waals surface area contributed by atoms with Crippen LogP contribution in [-0.4, -0.2) is 108 Å². The Hall–Kier alpha value is -4.93. The first kappa shape index (κ1) is 33.4. The lowest BCUT2D eigenvalue weighted by Crippen LogP contribution is -2.50. The number of nitriles is 1. The Labute approximate surface area is 271 Å². The average Bonchev–Trinajstić information content (AvgIpc) is 3.42. The molecule has 0 spiro atoms. The van der Waals surface area contributed by atoms with E-state index in [1.807, 2.05) is 53.5 Å². The molecular formula is C34H37F2N7O4. The number of fused-ring (bicyclic) bond motifs is 1. The second kappa shape index (κ2) is 15.1. The molecule has 13 heteroatoms. The van der Waals surface area contributed by atoms with E-state index in [-0.39, 0.29) is 18.0 Å². The number of hydrogen-bond acceptors (Lipinski definition) is 8. The van der Waals surface area contributed by atoms with Gasteiger partial charge in [-0.25, -0.2) is 8.78 Å².